The number of benzene rings is 2. The third kappa shape index (κ3) is 2.07. The van der Waals surface area contributed by atoms with Crippen molar-refractivity contribution in [2.75, 3.05) is 0 Å². The van der Waals surface area contributed by atoms with Gasteiger partial charge in [-0.1, -0.05) is 55.5 Å². The third-order valence-corrected chi connectivity index (χ3v) is 3.40. The van der Waals surface area contributed by atoms with Crippen molar-refractivity contribution in [1.82, 2.24) is 9.78 Å². The Hall–Kier alpha value is -2.55. The molecule has 0 unspecified atom stereocenters. The molecule has 20 heavy (non-hydrogen) atoms. The third-order valence-electron chi connectivity index (χ3n) is 3.40. The summed E-state index contributed by atoms with van der Waals surface area (Å²) in [6.07, 6.45) is 0.791. The van der Waals surface area contributed by atoms with Gasteiger partial charge >= 0.3 is 0 Å². The summed E-state index contributed by atoms with van der Waals surface area (Å²) in [6.45, 7) is 2.05. The largest absolute Gasteiger partial charge is 0.294 e. The van der Waals surface area contributed by atoms with Crippen molar-refractivity contribution in [3.05, 3.63) is 76.7 Å². The predicted octanol–water partition coefficient (Wildman–Crippen LogP) is 3.40. The molecule has 3 nitrogen and oxygen atoms in total. The van der Waals surface area contributed by atoms with Crippen LogP contribution < -0.4 is 5.56 Å². The maximum absolute atomic E-state index is 12.7. The summed E-state index contributed by atoms with van der Waals surface area (Å²) < 4.78 is 1.61. The van der Waals surface area contributed by atoms with Crippen LogP contribution in [0.3, 0.4) is 0 Å². The normalized spacial score (nSPS) is 10.7. The van der Waals surface area contributed by atoms with Crippen molar-refractivity contribution in [3.8, 4) is 16.8 Å². The van der Waals surface area contributed by atoms with E-state index in [1.165, 1.54) is 0 Å². The first-order chi connectivity index (χ1) is 9.81. The Morgan fingerprint density at radius 1 is 0.950 bits per heavy atom. The summed E-state index contributed by atoms with van der Waals surface area (Å²) in [5, 5.41) is 3.22. The summed E-state index contributed by atoms with van der Waals surface area (Å²) >= 11 is 0. The second kappa shape index (κ2) is 5.21. The molecule has 0 aliphatic carbocycles. The fourth-order valence-corrected chi connectivity index (χ4v) is 2.40. The quantitative estimate of drug-likeness (QED) is 0.773. The number of nitrogens with zero attached hydrogens (tertiary/aromatic N) is 1. The van der Waals surface area contributed by atoms with Gasteiger partial charge in [-0.15, -0.1) is 0 Å². The van der Waals surface area contributed by atoms with Crippen molar-refractivity contribution >= 4 is 0 Å². The number of nitrogens with one attached hydrogen (secondary N) is 1. The molecular formula is C17H16N2O. The van der Waals surface area contributed by atoms with E-state index in [-0.39, 0.29) is 5.56 Å². The van der Waals surface area contributed by atoms with Crippen LogP contribution >= 0.6 is 0 Å². The highest BCUT2D eigenvalue weighted by molar-refractivity contribution is 5.65. The Balaban J connectivity index is 2.22. The van der Waals surface area contributed by atoms with E-state index in [2.05, 4.69) is 5.10 Å². The minimum Gasteiger partial charge on any atom is -0.294 e. The smallest absolute Gasteiger partial charge is 0.279 e. The lowest BCUT2D eigenvalue weighted by atomic mass is 10.1. The Morgan fingerprint density at radius 3 is 2.15 bits per heavy atom. The summed E-state index contributed by atoms with van der Waals surface area (Å²) in [7, 11) is 0. The second-order valence-electron chi connectivity index (χ2n) is 4.66. The lowest BCUT2D eigenvalue weighted by Crippen LogP contribution is -2.15. The summed E-state index contributed by atoms with van der Waals surface area (Å²) in [5.41, 5.74) is 3.54. The molecule has 100 valence electrons. The zero-order chi connectivity index (χ0) is 13.9. The zero-order valence-corrected chi connectivity index (χ0v) is 11.3. The predicted molar refractivity (Wildman–Crippen MR) is 81.2 cm³/mol. The molecule has 0 atom stereocenters. The standard InChI is InChI=1S/C17H16N2O/c1-2-15-16(13-9-5-3-6-10-13)17(20)19(18-15)14-11-7-4-8-12-14/h3-12,18H,2H2,1H3. The highest BCUT2D eigenvalue weighted by atomic mass is 16.1. The maximum atomic E-state index is 12.7. The minimum absolute atomic E-state index is 0.000694. The van der Waals surface area contributed by atoms with Crippen molar-refractivity contribution in [1.29, 1.82) is 0 Å². The minimum atomic E-state index is -0.000694. The molecule has 0 saturated heterocycles. The molecule has 0 spiro atoms. The molecular weight excluding hydrogens is 248 g/mol. The summed E-state index contributed by atoms with van der Waals surface area (Å²) in [4.78, 5) is 12.7. The van der Waals surface area contributed by atoms with Gasteiger partial charge in [0.15, 0.2) is 0 Å². The SMILES string of the molecule is CCc1[nH]n(-c2ccccc2)c(=O)c1-c1ccccc1. The van der Waals surface area contributed by atoms with Gasteiger partial charge < -0.3 is 0 Å². The van der Waals surface area contributed by atoms with Crippen LogP contribution in [0.25, 0.3) is 16.8 Å². The summed E-state index contributed by atoms with van der Waals surface area (Å²) in [5.74, 6) is 0. The zero-order valence-electron chi connectivity index (χ0n) is 11.3. The first-order valence-electron chi connectivity index (χ1n) is 6.76. The van der Waals surface area contributed by atoms with Crippen molar-refractivity contribution < 1.29 is 0 Å². The Kier molecular flexibility index (Phi) is 3.25. The van der Waals surface area contributed by atoms with Gasteiger partial charge in [-0.2, -0.15) is 0 Å². The van der Waals surface area contributed by atoms with E-state index in [1.54, 1.807) is 4.68 Å². The van der Waals surface area contributed by atoms with E-state index < -0.39 is 0 Å². The van der Waals surface area contributed by atoms with Crippen LogP contribution in [-0.4, -0.2) is 9.78 Å². The first-order valence-corrected chi connectivity index (χ1v) is 6.76. The van der Waals surface area contributed by atoms with Crippen LogP contribution in [-0.2, 0) is 6.42 Å². The summed E-state index contributed by atoms with van der Waals surface area (Å²) in [6, 6.07) is 19.4. The van der Waals surface area contributed by atoms with Gasteiger partial charge in [0.2, 0.25) is 0 Å². The molecule has 2 aromatic carbocycles. The van der Waals surface area contributed by atoms with Crippen LogP contribution in [0.1, 0.15) is 12.6 Å². The Bertz CT molecular complexity index is 755. The van der Waals surface area contributed by atoms with E-state index in [0.717, 1.165) is 28.9 Å². The van der Waals surface area contributed by atoms with Crippen molar-refractivity contribution in [3.63, 3.8) is 0 Å². The number of aryl methyl sites for hydroxylation is 1. The molecule has 1 heterocycles. The lowest BCUT2D eigenvalue weighted by molar-refractivity contribution is 0.819. The van der Waals surface area contributed by atoms with E-state index >= 15 is 0 Å². The number of para-hydroxylation sites is 1. The number of aromatic amines is 1. The maximum Gasteiger partial charge on any atom is 0.279 e. The van der Waals surface area contributed by atoms with Gasteiger partial charge in [-0.05, 0) is 24.1 Å². The van der Waals surface area contributed by atoms with Gasteiger partial charge in [0.05, 0.1) is 11.3 Å². The molecule has 0 bridgehead atoms. The average molecular weight is 264 g/mol. The van der Waals surface area contributed by atoms with Gasteiger partial charge in [0.25, 0.3) is 5.56 Å². The van der Waals surface area contributed by atoms with Crippen LogP contribution in [0.4, 0.5) is 0 Å². The molecule has 0 aliphatic heterocycles. The van der Waals surface area contributed by atoms with E-state index in [1.807, 2.05) is 67.6 Å². The highest BCUT2D eigenvalue weighted by Gasteiger charge is 2.15. The highest BCUT2D eigenvalue weighted by Crippen LogP contribution is 2.20. The molecule has 1 N–H and O–H groups in total. The van der Waals surface area contributed by atoms with Crippen molar-refractivity contribution in [2.24, 2.45) is 0 Å². The number of hydrogen-bond acceptors (Lipinski definition) is 1. The fraction of sp³-hybridized carbons (Fsp3) is 0.118. The molecule has 3 rings (SSSR count). The molecule has 3 aromatic rings. The van der Waals surface area contributed by atoms with Crippen LogP contribution in [0.5, 0.6) is 0 Å². The van der Waals surface area contributed by atoms with Crippen LogP contribution in [0.15, 0.2) is 65.5 Å². The van der Waals surface area contributed by atoms with Gasteiger partial charge in [0, 0.05) is 5.69 Å². The van der Waals surface area contributed by atoms with Gasteiger partial charge in [0.1, 0.15) is 0 Å². The molecule has 0 radical (unpaired) electrons. The average Bonchev–Trinajstić information content (AvgIpc) is 2.86. The second-order valence-corrected chi connectivity index (χ2v) is 4.66. The van der Waals surface area contributed by atoms with Crippen LogP contribution in [0, 0.1) is 0 Å². The Morgan fingerprint density at radius 2 is 1.55 bits per heavy atom. The van der Waals surface area contributed by atoms with Gasteiger partial charge in [-0.3, -0.25) is 9.89 Å². The van der Waals surface area contributed by atoms with E-state index in [9.17, 15) is 4.79 Å². The molecule has 1 aromatic heterocycles. The molecule has 0 saturated carbocycles. The van der Waals surface area contributed by atoms with Crippen molar-refractivity contribution in [2.45, 2.75) is 13.3 Å². The van der Waals surface area contributed by atoms with Gasteiger partial charge in [-0.25, -0.2) is 4.68 Å². The van der Waals surface area contributed by atoms with Crippen LogP contribution in [0.2, 0.25) is 0 Å². The topological polar surface area (TPSA) is 37.8 Å². The fourth-order valence-electron chi connectivity index (χ4n) is 2.40. The molecule has 0 fully saturated rings. The van der Waals surface area contributed by atoms with E-state index in [0.29, 0.717) is 0 Å². The number of hydrogen-bond donors (Lipinski definition) is 1. The number of aromatic nitrogens is 2. The first kappa shape index (κ1) is 12.5. The molecule has 3 heteroatoms. The monoisotopic (exact) mass is 264 g/mol. The number of H-pyrrole nitrogens is 1. The molecule has 0 aliphatic rings. The Labute approximate surface area is 117 Å². The van der Waals surface area contributed by atoms with E-state index in [4.69, 9.17) is 0 Å². The number of rotatable bonds is 3. The lowest BCUT2D eigenvalue weighted by Gasteiger charge is -1.99. The molecule has 0 amide bonds.